The number of hydrogen-bond acceptors (Lipinski definition) is 2. The summed E-state index contributed by atoms with van der Waals surface area (Å²) in [6.45, 7) is 2.90. The monoisotopic (exact) mass is 300 g/mol. The van der Waals surface area contributed by atoms with Gasteiger partial charge in [0.1, 0.15) is 0 Å². The predicted molar refractivity (Wildman–Crippen MR) is 89.9 cm³/mol. The molecule has 1 heterocycles. The smallest absolute Gasteiger partial charge is 0.253 e. The zero-order valence-corrected chi connectivity index (χ0v) is 13.5. The highest BCUT2D eigenvalue weighted by Crippen LogP contribution is 2.23. The van der Waals surface area contributed by atoms with E-state index < -0.39 is 0 Å². The Morgan fingerprint density at radius 3 is 2.59 bits per heavy atom. The third kappa shape index (κ3) is 4.10. The highest BCUT2D eigenvalue weighted by atomic mass is 16.2. The molecule has 1 saturated carbocycles. The van der Waals surface area contributed by atoms with Crippen LogP contribution in [-0.4, -0.2) is 36.5 Å². The van der Waals surface area contributed by atoms with E-state index in [1.807, 2.05) is 35.2 Å². The van der Waals surface area contributed by atoms with Gasteiger partial charge in [-0.1, -0.05) is 37.5 Å². The number of nitrogens with zero attached hydrogens (tertiary/aromatic N) is 1. The van der Waals surface area contributed by atoms with Gasteiger partial charge in [0.2, 0.25) is 0 Å². The summed E-state index contributed by atoms with van der Waals surface area (Å²) in [5.41, 5.74) is 0.815. The summed E-state index contributed by atoms with van der Waals surface area (Å²) in [6, 6.07) is 10.2. The number of benzene rings is 1. The van der Waals surface area contributed by atoms with Gasteiger partial charge in [0.05, 0.1) is 0 Å². The van der Waals surface area contributed by atoms with Gasteiger partial charge in [0, 0.05) is 24.7 Å². The largest absolute Gasteiger partial charge is 0.337 e. The molecule has 120 valence electrons. The Labute approximate surface area is 134 Å². The minimum Gasteiger partial charge on any atom is -0.337 e. The van der Waals surface area contributed by atoms with Gasteiger partial charge >= 0.3 is 0 Å². The van der Waals surface area contributed by atoms with Crippen LogP contribution in [0.5, 0.6) is 0 Å². The summed E-state index contributed by atoms with van der Waals surface area (Å²) < 4.78 is 0. The van der Waals surface area contributed by atoms with Crippen LogP contribution in [0.2, 0.25) is 0 Å². The van der Waals surface area contributed by atoms with Crippen LogP contribution in [0.15, 0.2) is 30.3 Å². The number of hydrogen-bond donors (Lipinski definition) is 1. The first-order chi connectivity index (χ1) is 10.8. The van der Waals surface area contributed by atoms with E-state index in [0.29, 0.717) is 6.04 Å². The minimum atomic E-state index is 0.185. The molecule has 1 unspecified atom stereocenters. The van der Waals surface area contributed by atoms with Gasteiger partial charge in [0.15, 0.2) is 0 Å². The molecule has 2 fully saturated rings. The molecule has 0 bridgehead atoms. The van der Waals surface area contributed by atoms with E-state index in [-0.39, 0.29) is 5.91 Å². The fourth-order valence-electron chi connectivity index (χ4n) is 3.82. The lowest BCUT2D eigenvalue weighted by Gasteiger charge is -2.34. The van der Waals surface area contributed by atoms with Crippen LogP contribution >= 0.6 is 0 Å². The molecule has 1 aromatic carbocycles. The van der Waals surface area contributed by atoms with Crippen LogP contribution in [0.3, 0.4) is 0 Å². The zero-order valence-electron chi connectivity index (χ0n) is 13.5. The average Bonchev–Trinajstić information content (AvgIpc) is 2.61. The number of nitrogens with one attached hydrogen (secondary N) is 1. The Morgan fingerprint density at radius 2 is 1.82 bits per heavy atom. The molecule has 0 aromatic heterocycles. The average molecular weight is 300 g/mol. The summed E-state index contributed by atoms with van der Waals surface area (Å²) in [5.74, 6) is 1.04. The van der Waals surface area contributed by atoms with Crippen molar-refractivity contribution in [3.8, 4) is 0 Å². The third-order valence-electron chi connectivity index (χ3n) is 5.15. The standard InChI is InChI=1S/C19H28N2O/c22-19(17-10-5-2-6-11-17)21-13-7-12-18(15-21)20-14-16-8-3-1-4-9-16/h2,5-6,10-11,16,18,20H,1,3-4,7-9,12-15H2. The Kier molecular flexibility index (Phi) is 5.49. The van der Waals surface area contributed by atoms with E-state index in [0.717, 1.165) is 37.5 Å². The van der Waals surface area contributed by atoms with E-state index in [9.17, 15) is 4.79 Å². The molecule has 1 atom stereocenters. The highest BCUT2D eigenvalue weighted by molar-refractivity contribution is 5.94. The lowest BCUT2D eigenvalue weighted by Crippen LogP contribution is -2.49. The molecule has 22 heavy (non-hydrogen) atoms. The maximum absolute atomic E-state index is 12.5. The predicted octanol–water partition coefficient (Wildman–Crippen LogP) is 3.46. The van der Waals surface area contributed by atoms with Gasteiger partial charge in [-0.3, -0.25) is 4.79 Å². The van der Waals surface area contributed by atoms with Crippen molar-refractivity contribution in [2.24, 2.45) is 5.92 Å². The number of carbonyl (C=O) groups excluding carboxylic acids is 1. The van der Waals surface area contributed by atoms with Crippen LogP contribution in [0.4, 0.5) is 0 Å². The van der Waals surface area contributed by atoms with Crippen LogP contribution in [0, 0.1) is 5.92 Å². The lowest BCUT2D eigenvalue weighted by molar-refractivity contribution is 0.0692. The molecule has 2 aliphatic rings. The second-order valence-electron chi connectivity index (χ2n) is 6.87. The zero-order chi connectivity index (χ0) is 15.2. The molecular formula is C19H28N2O. The van der Waals surface area contributed by atoms with Crippen LogP contribution < -0.4 is 5.32 Å². The van der Waals surface area contributed by atoms with Crippen molar-refractivity contribution in [3.05, 3.63) is 35.9 Å². The van der Waals surface area contributed by atoms with Crippen LogP contribution in [-0.2, 0) is 0 Å². The molecule has 1 N–H and O–H groups in total. The number of likely N-dealkylation sites (tertiary alicyclic amines) is 1. The Morgan fingerprint density at radius 1 is 1.05 bits per heavy atom. The molecule has 1 saturated heterocycles. The van der Waals surface area contributed by atoms with Gasteiger partial charge in [-0.25, -0.2) is 0 Å². The van der Waals surface area contributed by atoms with E-state index in [4.69, 9.17) is 0 Å². The summed E-state index contributed by atoms with van der Waals surface area (Å²) in [4.78, 5) is 14.6. The fraction of sp³-hybridized carbons (Fsp3) is 0.632. The first-order valence-electron chi connectivity index (χ1n) is 8.90. The molecule has 0 radical (unpaired) electrons. The molecule has 1 aromatic rings. The Hall–Kier alpha value is -1.35. The minimum absolute atomic E-state index is 0.185. The van der Waals surface area contributed by atoms with E-state index in [2.05, 4.69) is 5.32 Å². The van der Waals surface area contributed by atoms with Gasteiger partial charge in [-0.15, -0.1) is 0 Å². The topological polar surface area (TPSA) is 32.3 Å². The normalized spacial score (nSPS) is 23.5. The number of carbonyl (C=O) groups is 1. The molecule has 3 rings (SSSR count). The Balaban J connectivity index is 1.49. The van der Waals surface area contributed by atoms with E-state index in [1.165, 1.54) is 38.5 Å². The molecule has 1 aliphatic carbocycles. The highest BCUT2D eigenvalue weighted by Gasteiger charge is 2.25. The molecule has 1 aliphatic heterocycles. The maximum atomic E-state index is 12.5. The molecule has 3 heteroatoms. The quantitative estimate of drug-likeness (QED) is 0.923. The van der Waals surface area contributed by atoms with Crippen molar-refractivity contribution in [1.82, 2.24) is 10.2 Å². The SMILES string of the molecule is O=C(c1ccccc1)N1CCCC(NCC2CCCCC2)C1. The summed E-state index contributed by atoms with van der Waals surface area (Å²) in [6.07, 6.45) is 9.29. The molecular weight excluding hydrogens is 272 g/mol. The lowest BCUT2D eigenvalue weighted by atomic mass is 9.89. The first-order valence-corrected chi connectivity index (χ1v) is 8.90. The van der Waals surface area contributed by atoms with Gasteiger partial charge in [-0.2, -0.15) is 0 Å². The Bertz CT molecular complexity index is 468. The van der Waals surface area contributed by atoms with Crippen molar-refractivity contribution in [1.29, 1.82) is 0 Å². The molecule has 3 nitrogen and oxygen atoms in total. The second-order valence-corrected chi connectivity index (χ2v) is 6.87. The first kappa shape index (κ1) is 15.5. The summed E-state index contributed by atoms with van der Waals surface area (Å²) >= 11 is 0. The number of amides is 1. The maximum Gasteiger partial charge on any atom is 0.253 e. The molecule has 0 spiro atoms. The summed E-state index contributed by atoms with van der Waals surface area (Å²) in [7, 11) is 0. The van der Waals surface area contributed by atoms with Crippen molar-refractivity contribution in [2.75, 3.05) is 19.6 Å². The number of rotatable bonds is 4. The third-order valence-corrected chi connectivity index (χ3v) is 5.15. The van der Waals surface area contributed by atoms with Gasteiger partial charge in [-0.05, 0) is 50.3 Å². The van der Waals surface area contributed by atoms with Gasteiger partial charge < -0.3 is 10.2 Å². The summed E-state index contributed by atoms with van der Waals surface area (Å²) in [5, 5.41) is 3.73. The van der Waals surface area contributed by atoms with Crippen molar-refractivity contribution < 1.29 is 4.79 Å². The second kappa shape index (κ2) is 7.77. The van der Waals surface area contributed by atoms with Crippen molar-refractivity contribution in [2.45, 2.75) is 51.0 Å². The van der Waals surface area contributed by atoms with Gasteiger partial charge in [0.25, 0.3) is 5.91 Å². The van der Waals surface area contributed by atoms with Crippen molar-refractivity contribution in [3.63, 3.8) is 0 Å². The van der Waals surface area contributed by atoms with Crippen LogP contribution in [0.1, 0.15) is 55.3 Å². The van der Waals surface area contributed by atoms with E-state index >= 15 is 0 Å². The van der Waals surface area contributed by atoms with Crippen molar-refractivity contribution >= 4 is 5.91 Å². The molecule has 1 amide bonds. The fourth-order valence-corrected chi connectivity index (χ4v) is 3.82. The van der Waals surface area contributed by atoms with E-state index in [1.54, 1.807) is 0 Å². The van der Waals surface area contributed by atoms with Crippen LogP contribution in [0.25, 0.3) is 0 Å². The number of piperidine rings is 1.